The molecule has 0 aliphatic rings. The molecule has 0 bridgehead atoms. The van der Waals surface area contributed by atoms with E-state index in [1.165, 1.54) is 0 Å². The Hall–Kier alpha value is -2.47. The lowest BCUT2D eigenvalue weighted by molar-refractivity contribution is 0.412. The van der Waals surface area contributed by atoms with Crippen molar-refractivity contribution in [2.75, 3.05) is 7.11 Å². The van der Waals surface area contributed by atoms with E-state index in [2.05, 4.69) is 15.3 Å². The minimum Gasteiger partial charge on any atom is -0.496 e. The zero-order valence-corrected chi connectivity index (χ0v) is 11.4. The lowest BCUT2D eigenvalue weighted by atomic mass is 10.1. The third-order valence-electron chi connectivity index (χ3n) is 3.20. The van der Waals surface area contributed by atoms with Crippen LogP contribution in [0.25, 0.3) is 16.9 Å². The van der Waals surface area contributed by atoms with Crippen LogP contribution in [-0.4, -0.2) is 26.9 Å². The summed E-state index contributed by atoms with van der Waals surface area (Å²) in [6.07, 6.45) is 0. The van der Waals surface area contributed by atoms with Crippen molar-refractivity contribution in [3.8, 4) is 17.0 Å². The van der Waals surface area contributed by atoms with E-state index in [9.17, 15) is 0 Å². The number of methoxy groups -OCH3 is 1. The van der Waals surface area contributed by atoms with E-state index < -0.39 is 0 Å². The van der Waals surface area contributed by atoms with Gasteiger partial charge in [0.1, 0.15) is 5.75 Å². The molecule has 1 aromatic carbocycles. The SMILES string of the molecule is COc1ccc(-c2ccc3nnc(CN)n3n2)cc1C. The number of fused-ring (bicyclic) bond motifs is 1. The molecule has 20 heavy (non-hydrogen) atoms. The number of rotatable bonds is 3. The van der Waals surface area contributed by atoms with Gasteiger partial charge in [-0.15, -0.1) is 10.2 Å². The number of hydrogen-bond acceptors (Lipinski definition) is 5. The monoisotopic (exact) mass is 269 g/mol. The van der Waals surface area contributed by atoms with Crippen molar-refractivity contribution in [3.05, 3.63) is 41.7 Å². The van der Waals surface area contributed by atoms with Crippen LogP contribution in [0.2, 0.25) is 0 Å². The Kier molecular flexibility index (Phi) is 3.08. The fraction of sp³-hybridized carbons (Fsp3) is 0.214. The first-order valence-corrected chi connectivity index (χ1v) is 6.29. The summed E-state index contributed by atoms with van der Waals surface area (Å²) in [6.45, 7) is 2.31. The molecule has 2 aromatic heterocycles. The molecule has 6 heteroatoms. The van der Waals surface area contributed by atoms with Crippen LogP contribution in [0.1, 0.15) is 11.4 Å². The maximum atomic E-state index is 5.63. The molecule has 102 valence electrons. The summed E-state index contributed by atoms with van der Waals surface area (Å²) in [5, 5.41) is 12.6. The van der Waals surface area contributed by atoms with E-state index in [0.29, 0.717) is 18.0 Å². The zero-order valence-electron chi connectivity index (χ0n) is 11.4. The van der Waals surface area contributed by atoms with Crippen LogP contribution in [0.5, 0.6) is 5.75 Å². The van der Waals surface area contributed by atoms with E-state index >= 15 is 0 Å². The molecule has 0 atom stereocenters. The number of nitrogens with two attached hydrogens (primary N) is 1. The van der Waals surface area contributed by atoms with Crippen LogP contribution in [-0.2, 0) is 6.54 Å². The van der Waals surface area contributed by atoms with Crippen molar-refractivity contribution < 1.29 is 4.74 Å². The van der Waals surface area contributed by atoms with Gasteiger partial charge in [0.15, 0.2) is 11.5 Å². The highest BCUT2D eigenvalue weighted by atomic mass is 16.5. The molecule has 0 fully saturated rings. The largest absolute Gasteiger partial charge is 0.496 e. The Morgan fingerprint density at radius 1 is 1.20 bits per heavy atom. The highest BCUT2D eigenvalue weighted by Crippen LogP contribution is 2.24. The van der Waals surface area contributed by atoms with E-state index in [-0.39, 0.29) is 0 Å². The predicted octanol–water partition coefficient (Wildman–Crippen LogP) is 1.57. The first-order valence-electron chi connectivity index (χ1n) is 6.29. The average molecular weight is 269 g/mol. The van der Waals surface area contributed by atoms with Crippen LogP contribution in [0, 0.1) is 6.92 Å². The molecule has 6 nitrogen and oxygen atoms in total. The molecular weight excluding hydrogens is 254 g/mol. The van der Waals surface area contributed by atoms with Gasteiger partial charge in [0.2, 0.25) is 0 Å². The van der Waals surface area contributed by atoms with Gasteiger partial charge >= 0.3 is 0 Å². The summed E-state index contributed by atoms with van der Waals surface area (Å²) in [6, 6.07) is 9.76. The smallest absolute Gasteiger partial charge is 0.177 e. The molecule has 0 spiro atoms. The first-order chi connectivity index (χ1) is 9.72. The van der Waals surface area contributed by atoms with Crippen LogP contribution in [0.3, 0.4) is 0 Å². The van der Waals surface area contributed by atoms with Crippen LogP contribution in [0.4, 0.5) is 0 Å². The van der Waals surface area contributed by atoms with E-state index in [1.54, 1.807) is 11.6 Å². The van der Waals surface area contributed by atoms with Crippen molar-refractivity contribution in [1.29, 1.82) is 0 Å². The molecule has 2 heterocycles. The minimum atomic E-state index is 0.305. The summed E-state index contributed by atoms with van der Waals surface area (Å²) in [4.78, 5) is 0. The Bertz CT molecular complexity index is 765. The summed E-state index contributed by atoms with van der Waals surface area (Å²) in [5.74, 6) is 1.51. The summed E-state index contributed by atoms with van der Waals surface area (Å²) >= 11 is 0. The molecule has 3 rings (SSSR count). The molecular formula is C14H15N5O. The van der Waals surface area contributed by atoms with Gasteiger partial charge in [0.25, 0.3) is 0 Å². The number of hydrogen-bond donors (Lipinski definition) is 1. The lowest BCUT2D eigenvalue weighted by Crippen LogP contribution is -2.05. The normalized spacial score (nSPS) is 10.9. The minimum absolute atomic E-state index is 0.305. The van der Waals surface area contributed by atoms with Gasteiger partial charge in [0, 0.05) is 5.56 Å². The third kappa shape index (κ3) is 2.00. The third-order valence-corrected chi connectivity index (χ3v) is 3.20. The van der Waals surface area contributed by atoms with Crippen molar-refractivity contribution >= 4 is 5.65 Å². The quantitative estimate of drug-likeness (QED) is 0.780. The summed E-state index contributed by atoms with van der Waals surface area (Å²) in [5.41, 5.74) is 9.25. The molecule has 2 N–H and O–H groups in total. The Morgan fingerprint density at radius 3 is 2.75 bits per heavy atom. The van der Waals surface area contributed by atoms with Gasteiger partial charge in [-0.25, -0.2) is 0 Å². The fourth-order valence-electron chi connectivity index (χ4n) is 2.15. The van der Waals surface area contributed by atoms with E-state index in [4.69, 9.17) is 10.5 Å². The molecule has 0 radical (unpaired) electrons. The lowest BCUT2D eigenvalue weighted by Gasteiger charge is -2.07. The average Bonchev–Trinajstić information content (AvgIpc) is 2.89. The highest BCUT2D eigenvalue weighted by Gasteiger charge is 2.08. The maximum absolute atomic E-state index is 5.63. The van der Waals surface area contributed by atoms with Gasteiger partial charge < -0.3 is 10.5 Å². The number of ether oxygens (including phenoxy) is 1. The van der Waals surface area contributed by atoms with Gasteiger partial charge in [-0.3, -0.25) is 0 Å². The van der Waals surface area contributed by atoms with Gasteiger partial charge in [-0.05, 0) is 42.8 Å². The number of benzene rings is 1. The van der Waals surface area contributed by atoms with Gasteiger partial charge in [-0.1, -0.05) is 0 Å². The van der Waals surface area contributed by atoms with Crippen molar-refractivity contribution in [3.63, 3.8) is 0 Å². The standard InChI is InChI=1S/C14H15N5O/c1-9-7-10(3-5-12(9)20-2)11-4-6-13-16-17-14(8-15)19(13)18-11/h3-7H,8,15H2,1-2H3. The van der Waals surface area contributed by atoms with Crippen LogP contribution < -0.4 is 10.5 Å². The molecule has 0 saturated heterocycles. The second-order valence-corrected chi connectivity index (χ2v) is 4.49. The fourth-order valence-corrected chi connectivity index (χ4v) is 2.15. The molecule has 0 amide bonds. The number of aromatic nitrogens is 4. The highest BCUT2D eigenvalue weighted by molar-refractivity contribution is 5.62. The second-order valence-electron chi connectivity index (χ2n) is 4.49. The topological polar surface area (TPSA) is 78.3 Å². The zero-order chi connectivity index (χ0) is 14.1. The Morgan fingerprint density at radius 2 is 2.05 bits per heavy atom. The van der Waals surface area contributed by atoms with Crippen LogP contribution >= 0.6 is 0 Å². The van der Waals surface area contributed by atoms with Crippen LogP contribution in [0.15, 0.2) is 30.3 Å². The molecule has 0 unspecified atom stereocenters. The van der Waals surface area contributed by atoms with E-state index in [0.717, 1.165) is 22.6 Å². The van der Waals surface area contributed by atoms with Crippen molar-refractivity contribution in [2.45, 2.75) is 13.5 Å². The van der Waals surface area contributed by atoms with Gasteiger partial charge in [0.05, 0.1) is 19.3 Å². The first kappa shape index (κ1) is 12.6. The molecule has 0 aliphatic carbocycles. The predicted molar refractivity (Wildman–Crippen MR) is 75.4 cm³/mol. The van der Waals surface area contributed by atoms with E-state index in [1.807, 2.05) is 37.3 Å². The molecule has 3 aromatic rings. The number of aryl methyl sites for hydroxylation is 1. The number of nitrogens with zero attached hydrogens (tertiary/aromatic N) is 4. The second kappa shape index (κ2) is 4.90. The summed E-state index contributed by atoms with van der Waals surface area (Å²) < 4.78 is 6.94. The van der Waals surface area contributed by atoms with Crippen molar-refractivity contribution in [2.24, 2.45) is 5.73 Å². The Labute approximate surface area is 116 Å². The molecule has 0 saturated carbocycles. The van der Waals surface area contributed by atoms with Gasteiger partial charge in [-0.2, -0.15) is 9.61 Å². The summed E-state index contributed by atoms with van der Waals surface area (Å²) in [7, 11) is 1.66. The van der Waals surface area contributed by atoms with Crippen molar-refractivity contribution in [1.82, 2.24) is 19.8 Å². The maximum Gasteiger partial charge on any atom is 0.177 e. The Balaban J connectivity index is 2.11. The molecule has 0 aliphatic heterocycles.